The van der Waals surface area contributed by atoms with E-state index in [9.17, 15) is 18.8 Å². The van der Waals surface area contributed by atoms with Crippen LogP contribution in [0, 0.1) is 11.7 Å². The zero-order chi connectivity index (χ0) is 22.2. The lowest BCUT2D eigenvalue weighted by molar-refractivity contribution is -0.122. The summed E-state index contributed by atoms with van der Waals surface area (Å²) in [4.78, 5) is 38.7. The molecular weight excluding hydrogens is 421 g/mol. The van der Waals surface area contributed by atoms with E-state index in [2.05, 4.69) is 27.8 Å². The number of carbonyl (C=O) groups is 3. The predicted molar refractivity (Wildman–Crippen MR) is 115 cm³/mol. The minimum atomic E-state index is -0.504. The summed E-state index contributed by atoms with van der Waals surface area (Å²) in [5.74, 6) is -0.834. The first-order chi connectivity index (χ1) is 15.0. The van der Waals surface area contributed by atoms with Crippen LogP contribution in [0.2, 0.25) is 0 Å². The molecule has 0 aliphatic carbocycles. The second-order valence-corrected chi connectivity index (χ2v) is 8.49. The molecule has 10 heteroatoms. The molecule has 1 aromatic heterocycles. The summed E-state index contributed by atoms with van der Waals surface area (Å²) >= 11 is 0.924. The van der Waals surface area contributed by atoms with Gasteiger partial charge in [-0.3, -0.25) is 14.4 Å². The van der Waals surface area contributed by atoms with Crippen LogP contribution in [0.15, 0.2) is 24.3 Å². The van der Waals surface area contributed by atoms with Crippen LogP contribution in [0.25, 0.3) is 0 Å². The molecule has 0 spiro atoms. The van der Waals surface area contributed by atoms with E-state index < -0.39 is 11.7 Å². The first-order valence-electron chi connectivity index (χ1n) is 10.4. The Hall–Kier alpha value is -2.88. The van der Waals surface area contributed by atoms with Crippen LogP contribution < -0.4 is 10.6 Å². The van der Waals surface area contributed by atoms with Gasteiger partial charge in [-0.2, -0.15) is 0 Å². The lowest BCUT2D eigenvalue weighted by atomic mass is 9.93. The number of nitrogens with one attached hydrogen (secondary N) is 2. The second-order valence-electron chi connectivity index (χ2n) is 7.52. The number of amides is 3. The number of rotatable bonds is 8. The largest absolute Gasteiger partial charge is 0.356 e. The van der Waals surface area contributed by atoms with Gasteiger partial charge in [0.15, 0.2) is 0 Å². The molecule has 166 valence electrons. The van der Waals surface area contributed by atoms with Crippen molar-refractivity contribution in [3.63, 3.8) is 0 Å². The van der Waals surface area contributed by atoms with Crippen LogP contribution >= 0.6 is 11.3 Å². The molecule has 1 saturated heterocycles. The average Bonchev–Trinajstić information content (AvgIpc) is 3.26. The lowest BCUT2D eigenvalue weighted by Crippen LogP contribution is -2.39. The number of halogens is 1. The number of likely N-dealkylation sites (tertiary alicyclic amines) is 1. The molecule has 2 aromatic rings. The molecule has 1 aliphatic rings. The minimum absolute atomic E-state index is 0.0614. The third-order valence-electron chi connectivity index (χ3n) is 5.13. The number of hydrogen-bond acceptors (Lipinski definition) is 6. The Morgan fingerprint density at radius 2 is 1.81 bits per heavy atom. The number of carbonyl (C=O) groups excluding carboxylic acids is 3. The molecule has 2 heterocycles. The van der Waals surface area contributed by atoms with Crippen LogP contribution in [0.5, 0.6) is 0 Å². The summed E-state index contributed by atoms with van der Waals surface area (Å²) in [5.41, 5.74) is 0.426. The Morgan fingerprint density at radius 3 is 2.48 bits per heavy atom. The Bertz CT molecular complexity index is 910. The van der Waals surface area contributed by atoms with Gasteiger partial charge >= 0.3 is 0 Å². The van der Waals surface area contributed by atoms with Gasteiger partial charge in [0, 0.05) is 31.7 Å². The van der Waals surface area contributed by atoms with Gasteiger partial charge in [0.25, 0.3) is 11.8 Å². The van der Waals surface area contributed by atoms with Gasteiger partial charge in [0.2, 0.25) is 15.9 Å². The van der Waals surface area contributed by atoms with Gasteiger partial charge in [0.05, 0.1) is 0 Å². The van der Waals surface area contributed by atoms with Crippen molar-refractivity contribution in [3.05, 3.63) is 40.1 Å². The van der Waals surface area contributed by atoms with Crippen molar-refractivity contribution in [2.75, 3.05) is 25.0 Å². The van der Waals surface area contributed by atoms with Crippen LogP contribution in [0.3, 0.4) is 0 Å². The van der Waals surface area contributed by atoms with E-state index in [-0.39, 0.29) is 27.7 Å². The smallest absolute Gasteiger partial charge is 0.286 e. The van der Waals surface area contributed by atoms with E-state index in [0.717, 1.165) is 37.0 Å². The fourth-order valence-electron chi connectivity index (χ4n) is 3.33. The number of nitrogens with zero attached hydrogens (tertiary/aromatic N) is 3. The first kappa shape index (κ1) is 22.8. The SMILES string of the molecule is CCCCNC(=O)CC1CCN(C(=O)c2nnc(C(=O)Nc3ccc(F)cc3)s2)CC1. The van der Waals surface area contributed by atoms with Crippen molar-refractivity contribution in [3.8, 4) is 0 Å². The maximum atomic E-state index is 13.0. The highest BCUT2D eigenvalue weighted by Crippen LogP contribution is 2.23. The van der Waals surface area contributed by atoms with Crippen LogP contribution in [-0.2, 0) is 4.79 Å². The molecule has 8 nitrogen and oxygen atoms in total. The lowest BCUT2D eigenvalue weighted by Gasteiger charge is -2.31. The summed E-state index contributed by atoms with van der Waals surface area (Å²) in [6.45, 7) is 3.88. The molecule has 0 unspecified atom stereocenters. The maximum absolute atomic E-state index is 13.0. The van der Waals surface area contributed by atoms with E-state index >= 15 is 0 Å². The molecule has 0 radical (unpaired) electrons. The van der Waals surface area contributed by atoms with Crippen molar-refractivity contribution < 1.29 is 18.8 Å². The Balaban J connectivity index is 1.48. The van der Waals surface area contributed by atoms with Crippen molar-refractivity contribution >= 4 is 34.7 Å². The van der Waals surface area contributed by atoms with E-state index in [1.807, 2.05) is 0 Å². The Labute approximate surface area is 184 Å². The number of piperidine rings is 1. The fourth-order valence-corrected chi connectivity index (χ4v) is 4.04. The second kappa shape index (κ2) is 10.9. The summed E-state index contributed by atoms with van der Waals surface area (Å²) in [6.07, 6.45) is 4.01. The molecule has 0 bridgehead atoms. The summed E-state index contributed by atoms with van der Waals surface area (Å²) in [5, 5.41) is 13.4. The first-order valence-corrected chi connectivity index (χ1v) is 11.2. The number of anilines is 1. The van der Waals surface area contributed by atoms with E-state index in [1.54, 1.807) is 4.90 Å². The molecule has 3 amide bonds. The predicted octanol–water partition coefficient (Wildman–Crippen LogP) is 3.09. The van der Waals surface area contributed by atoms with Gasteiger partial charge in [-0.25, -0.2) is 4.39 Å². The third kappa shape index (κ3) is 6.55. The molecule has 1 fully saturated rings. The molecule has 3 rings (SSSR count). The number of benzene rings is 1. The normalized spacial score (nSPS) is 14.3. The van der Waals surface area contributed by atoms with Gasteiger partial charge in [0.1, 0.15) is 5.82 Å². The number of hydrogen-bond donors (Lipinski definition) is 2. The van der Waals surface area contributed by atoms with Crippen LogP contribution in [0.4, 0.5) is 10.1 Å². The highest BCUT2D eigenvalue weighted by Gasteiger charge is 2.27. The summed E-state index contributed by atoms with van der Waals surface area (Å²) < 4.78 is 13.0. The minimum Gasteiger partial charge on any atom is -0.356 e. The molecule has 1 aromatic carbocycles. The monoisotopic (exact) mass is 447 g/mol. The fraction of sp³-hybridized carbons (Fsp3) is 0.476. The van der Waals surface area contributed by atoms with Gasteiger partial charge in [-0.1, -0.05) is 24.7 Å². The van der Waals surface area contributed by atoms with E-state index in [1.165, 1.54) is 24.3 Å². The van der Waals surface area contributed by atoms with E-state index in [4.69, 9.17) is 0 Å². The van der Waals surface area contributed by atoms with Gasteiger partial charge in [-0.15, -0.1) is 10.2 Å². The summed E-state index contributed by atoms with van der Waals surface area (Å²) in [6, 6.07) is 5.36. The molecule has 2 N–H and O–H groups in total. The molecule has 0 atom stereocenters. The topological polar surface area (TPSA) is 104 Å². The highest BCUT2D eigenvalue weighted by atomic mass is 32.1. The Morgan fingerprint density at radius 1 is 1.13 bits per heavy atom. The van der Waals surface area contributed by atoms with E-state index in [0.29, 0.717) is 31.7 Å². The van der Waals surface area contributed by atoms with Gasteiger partial charge in [-0.05, 0) is 49.4 Å². The zero-order valence-corrected chi connectivity index (χ0v) is 18.2. The van der Waals surface area contributed by atoms with Crippen molar-refractivity contribution in [1.82, 2.24) is 20.4 Å². The van der Waals surface area contributed by atoms with Crippen molar-refractivity contribution in [2.24, 2.45) is 5.92 Å². The standard InChI is InChI=1S/C21H26FN5O3S/c1-2-3-10-23-17(28)13-14-8-11-27(12-9-14)21(30)20-26-25-19(31-20)18(29)24-16-6-4-15(22)5-7-16/h4-7,14H,2-3,8-13H2,1H3,(H,23,28)(H,24,29). The third-order valence-corrected chi connectivity index (χ3v) is 6.04. The van der Waals surface area contributed by atoms with Crippen molar-refractivity contribution in [2.45, 2.75) is 39.0 Å². The maximum Gasteiger partial charge on any atom is 0.286 e. The average molecular weight is 448 g/mol. The van der Waals surface area contributed by atoms with Crippen LogP contribution in [-0.4, -0.2) is 52.5 Å². The number of aromatic nitrogens is 2. The zero-order valence-electron chi connectivity index (χ0n) is 17.4. The van der Waals surface area contributed by atoms with Crippen molar-refractivity contribution in [1.29, 1.82) is 0 Å². The quantitative estimate of drug-likeness (QED) is 0.605. The van der Waals surface area contributed by atoms with Crippen LogP contribution in [0.1, 0.15) is 58.6 Å². The summed E-state index contributed by atoms with van der Waals surface area (Å²) in [7, 11) is 0. The van der Waals surface area contributed by atoms with Gasteiger partial charge < -0.3 is 15.5 Å². The molecule has 31 heavy (non-hydrogen) atoms. The number of unbranched alkanes of at least 4 members (excludes halogenated alkanes) is 1. The molecular formula is C21H26FN5O3S. The molecule has 0 saturated carbocycles. The Kier molecular flexibility index (Phi) is 8.05. The highest BCUT2D eigenvalue weighted by molar-refractivity contribution is 7.15. The molecule has 1 aliphatic heterocycles.